The van der Waals surface area contributed by atoms with Crippen molar-refractivity contribution in [3.8, 4) is 0 Å². The molecule has 1 aliphatic rings. The number of pyridine rings is 1. The smallest absolute Gasteiger partial charge is 0.285 e. The van der Waals surface area contributed by atoms with Crippen molar-refractivity contribution in [2.24, 2.45) is 0 Å². The fourth-order valence-corrected chi connectivity index (χ4v) is 4.46. The Balaban J connectivity index is 1.68. The maximum absolute atomic E-state index is 13.9. The van der Waals surface area contributed by atoms with E-state index in [9.17, 15) is 36.9 Å². The Morgan fingerprint density at radius 3 is 2.37 bits per heavy atom. The number of amides is 1. The molecule has 1 fully saturated rings. The van der Waals surface area contributed by atoms with Crippen molar-refractivity contribution >= 4 is 21.6 Å². The molecular weight excluding hydrogens is 426 g/mol. The lowest BCUT2D eigenvalue weighted by molar-refractivity contribution is -0.385. The van der Waals surface area contributed by atoms with Gasteiger partial charge in [0.25, 0.3) is 11.2 Å². The lowest BCUT2D eigenvalue weighted by Gasteiger charge is -2.34. The second-order valence-corrected chi connectivity index (χ2v) is 8.38. The predicted molar refractivity (Wildman–Crippen MR) is 99.1 cm³/mol. The van der Waals surface area contributed by atoms with Crippen molar-refractivity contribution in [1.29, 1.82) is 0 Å². The molecule has 1 saturated heterocycles. The monoisotopic (exact) mass is 442 g/mol. The van der Waals surface area contributed by atoms with Gasteiger partial charge in [-0.3, -0.25) is 24.3 Å². The standard InChI is InChI=1S/C17H16F2N4O6S/c18-12-1-3-15(14(19)9-12)30(28,29)22-7-5-20(6-8-22)17(25)11-21-10-13(23(26)27)2-4-16(21)24/h1-4,9-10H,5-8,11H2. The van der Waals surface area contributed by atoms with E-state index in [2.05, 4.69) is 0 Å². The number of hydrogen-bond donors (Lipinski definition) is 0. The molecule has 2 aromatic rings. The molecule has 30 heavy (non-hydrogen) atoms. The van der Waals surface area contributed by atoms with Gasteiger partial charge in [-0.15, -0.1) is 0 Å². The second-order valence-electron chi connectivity index (χ2n) is 6.47. The van der Waals surface area contributed by atoms with E-state index in [1.54, 1.807) is 0 Å². The second kappa shape index (κ2) is 8.28. The number of hydrogen-bond acceptors (Lipinski definition) is 6. The van der Waals surface area contributed by atoms with Gasteiger partial charge < -0.3 is 4.90 Å². The first-order valence-corrected chi connectivity index (χ1v) is 10.1. The number of benzene rings is 1. The Kier molecular flexibility index (Phi) is 5.94. The van der Waals surface area contributed by atoms with Crippen molar-refractivity contribution in [3.63, 3.8) is 0 Å². The van der Waals surface area contributed by atoms with Crippen LogP contribution in [-0.2, 0) is 21.4 Å². The van der Waals surface area contributed by atoms with Gasteiger partial charge in [-0.1, -0.05) is 0 Å². The zero-order valence-corrected chi connectivity index (χ0v) is 16.2. The van der Waals surface area contributed by atoms with Crippen LogP contribution in [0, 0.1) is 21.7 Å². The average molecular weight is 442 g/mol. The number of nitro groups is 1. The van der Waals surface area contributed by atoms with Gasteiger partial charge in [0.1, 0.15) is 23.1 Å². The number of rotatable bonds is 5. The molecule has 1 amide bonds. The highest BCUT2D eigenvalue weighted by molar-refractivity contribution is 7.89. The maximum atomic E-state index is 13.9. The summed E-state index contributed by atoms with van der Waals surface area (Å²) in [5.74, 6) is -2.64. The van der Waals surface area contributed by atoms with Crippen molar-refractivity contribution in [3.05, 3.63) is 68.6 Å². The number of sulfonamides is 1. The summed E-state index contributed by atoms with van der Waals surface area (Å²) in [6.07, 6.45) is 0.957. The van der Waals surface area contributed by atoms with E-state index in [0.29, 0.717) is 6.07 Å². The predicted octanol–water partition coefficient (Wildman–Crippen LogP) is 0.568. The lowest BCUT2D eigenvalue weighted by Crippen LogP contribution is -2.51. The first-order valence-electron chi connectivity index (χ1n) is 8.67. The van der Waals surface area contributed by atoms with Gasteiger partial charge in [0, 0.05) is 44.4 Å². The first kappa shape index (κ1) is 21.5. The molecule has 1 aromatic carbocycles. The Hall–Kier alpha value is -3.19. The molecule has 10 nitrogen and oxygen atoms in total. The van der Waals surface area contributed by atoms with Crippen LogP contribution < -0.4 is 5.56 Å². The summed E-state index contributed by atoms with van der Waals surface area (Å²) in [6, 6.07) is 4.16. The summed E-state index contributed by atoms with van der Waals surface area (Å²) in [6.45, 7) is -0.752. The normalized spacial score (nSPS) is 15.2. The summed E-state index contributed by atoms with van der Waals surface area (Å²) in [5.41, 5.74) is -0.943. The molecule has 0 atom stereocenters. The summed E-state index contributed by atoms with van der Waals surface area (Å²) in [7, 11) is -4.22. The van der Waals surface area contributed by atoms with Crippen LogP contribution in [0.2, 0.25) is 0 Å². The molecule has 0 aliphatic carbocycles. The molecule has 0 spiro atoms. The maximum Gasteiger partial charge on any atom is 0.285 e. The minimum atomic E-state index is -4.22. The number of halogens is 2. The average Bonchev–Trinajstić information content (AvgIpc) is 2.69. The molecule has 0 saturated carbocycles. The largest absolute Gasteiger partial charge is 0.339 e. The highest BCUT2D eigenvalue weighted by atomic mass is 32.2. The van der Waals surface area contributed by atoms with Crippen LogP contribution >= 0.6 is 0 Å². The van der Waals surface area contributed by atoms with Gasteiger partial charge in [0.05, 0.1) is 11.1 Å². The minimum absolute atomic E-state index is 0.0233. The molecule has 0 radical (unpaired) electrons. The third-order valence-electron chi connectivity index (χ3n) is 4.59. The van der Waals surface area contributed by atoms with Gasteiger partial charge in [-0.25, -0.2) is 17.2 Å². The van der Waals surface area contributed by atoms with E-state index in [1.807, 2.05) is 0 Å². The number of aromatic nitrogens is 1. The van der Waals surface area contributed by atoms with Crippen molar-refractivity contribution in [2.75, 3.05) is 26.2 Å². The SMILES string of the molecule is O=C(Cn1cc([N+](=O)[O-])ccc1=O)N1CCN(S(=O)(=O)c2ccc(F)cc2F)CC1. The van der Waals surface area contributed by atoms with Crippen LogP contribution in [0.4, 0.5) is 14.5 Å². The van der Waals surface area contributed by atoms with Crippen LogP contribution in [0.1, 0.15) is 0 Å². The van der Waals surface area contributed by atoms with Crippen LogP contribution in [0.15, 0.2) is 46.2 Å². The number of carbonyl (C=O) groups is 1. The van der Waals surface area contributed by atoms with Crippen molar-refractivity contribution in [1.82, 2.24) is 13.8 Å². The zero-order valence-electron chi connectivity index (χ0n) is 15.4. The van der Waals surface area contributed by atoms with Crippen molar-refractivity contribution in [2.45, 2.75) is 11.4 Å². The van der Waals surface area contributed by atoms with Gasteiger partial charge >= 0.3 is 0 Å². The third-order valence-corrected chi connectivity index (χ3v) is 6.52. The molecule has 3 rings (SSSR count). The fourth-order valence-electron chi connectivity index (χ4n) is 3.00. The summed E-state index contributed by atoms with van der Waals surface area (Å²) >= 11 is 0. The Morgan fingerprint density at radius 2 is 1.77 bits per heavy atom. The number of carbonyl (C=O) groups excluding carboxylic acids is 1. The van der Waals surface area contributed by atoms with Crippen LogP contribution in [0.25, 0.3) is 0 Å². The summed E-state index contributed by atoms with van der Waals surface area (Å²) in [5, 5.41) is 10.8. The van der Waals surface area contributed by atoms with Gasteiger partial charge in [-0.2, -0.15) is 4.31 Å². The quantitative estimate of drug-likeness (QED) is 0.493. The van der Waals surface area contributed by atoms with Crippen LogP contribution in [0.5, 0.6) is 0 Å². The third kappa shape index (κ3) is 4.36. The minimum Gasteiger partial charge on any atom is -0.339 e. The van der Waals surface area contributed by atoms with Gasteiger partial charge in [0.2, 0.25) is 15.9 Å². The highest BCUT2D eigenvalue weighted by Crippen LogP contribution is 2.21. The molecule has 0 bridgehead atoms. The molecule has 0 N–H and O–H groups in total. The summed E-state index contributed by atoms with van der Waals surface area (Å²) in [4.78, 5) is 35.0. The van der Waals surface area contributed by atoms with E-state index < -0.39 is 49.5 Å². The molecule has 0 unspecified atom stereocenters. The van der Waals surface area contributed by atoms with Gasteiger partial charge in [-0.05, 0) is 12.1 Å². The van der Waals surface area contributed by atoms with E-state index in [0.717, 1.165) is 39.3 Å². The highest BCUT2D eigenvalue weighted by Gasteiger charge is 2.32. The first-order chi connectivity index (χ1) is 14.1. The Morgan fingerprint density at radius 1 is 1.10 bits per heavy atom. The molecule has 1 aliphatic heterocycles. The van der Waals surface area contributed by atoms with Crippen LogP contribution in [0.3, 0.4) is 0 Å². The number of nitrogens with zero attached hydrogens (tertiary/aromatic N) is 4. The Bertz CT molecular complexity index is 1160. The van der Waals surface area contributed by atoms with E-state index in [4.69, 9.17) is 0 Å². The molecule has 13 heteroatoms. The lowest BCUT2D eigenvalue weighted by atomic mass is 10.3. The zero-order chi connectivity index (χ0) is 22.1. The fraction of sp³-hybridized carbons (Fsp3) is 0.294. The molecule has 2 heterocycles. The van der Waals surface area contributed by atoms with Crippen LogP contribution in [-0.4, -0.2) is 59.2 Å². The summed E-state index contributed by atoms with van der Waals surface area (Å²) < 4.78 is 54.0. The van der Waals surface area contributed by atoms with E-state index in [-0.39, 0.29) is 31.9 Å². The van der Waals surface area contributed by atoms with E-state index in [1.165, 1.54) is 4.90 Å². The van der Waals surface area contributed by atoms with E-state index >= 15 is 0 Å². The number of piperazine rings is 1. The van der Waals surface area contributed by atoms with Gasteiger partial charge in [0.15, 0.2) is 0 Å². The topological polar surface area (TPSA) is 123 Å². The molecular formula is C17H16F2N4O6S. The Labute approximate surface area is 169 Å². The molecule has 160 valence electrons. The molecule has 1 aromatic heterocycles. The van der Waals surface area contributed by atoms with Crippen molar-refractivity contribution < 1.29 is 26.9 Å².